The molecular weight excluding hydrogens is 298 g/mol. The van der Waals surface area contributed by atoms with Gasteiger partial charge in [-0.25, -0.2) is 17.9 Å². The molecule has 0 aliphatic heterocycles. The van der Waals surface area contributed by atoms with Crippen LogP contribution in [0.2, 0.25) is 0 Å². The van der Waals surface area contributed by atoms with Crippen molar-refractivity contribution < 1.29 is 23.1 Å². The van der Waals surface area contributed by atoms with Crippen LogP contribution in [0.4, 0.5) is 0 Å². The highest BCUT2D eigenvalue weighted by Crippen LogP contribution is 2.29. The van der Waals surface area contributed by atoms with Crippen LogP contribution < -0.4 is 4.72 Å². The molecule has 1 aromatic heterocycles. The molecule has 1 aliphatic rings. The van der Waals surface area contributed by atoms with Gasteiger partial charge in [0.15, 0.2) is 5.03 Å². The van der Waals surface area contributed by atoms with E-state index < -0.39 is 21.6 Å². The second-order valence-electron chi connectivity index (χ2n) is 5.09. The number of esters is 1. The van der Waals surface area contributed by atoms with E-state index in [2.05, 4.69) is 14.9 Å². The quantitative estimate of drug-likeness (QED) is 0.643. The molecule has 0 amide bonds. The Labute approximate surface area is 122 Å². The van der Waals surface area contributed by atoms with E-state index in [1.807, 2.05) is 0 Å². The summed E-state index contributed by atoms with van der Waals surface area (Å²) in [6, 6.07) is 0. The van der Waals surface area contributed by atoms with E-state index in [0.29, 0.717) is 12.8 Å². The van der Waals surface area contributed by atoms with Gasteiger partial charge in [-0.3, -0.25) is 5.10 Å². The van der Waals surface area contributed by atoms with Gasteiger partial charge in [-0.05, 0) is 19.8 Å². The van der Waals surface area contributed by atoms with Gasteiger partial charge in [0.25, 0.3) is 10.0 Å². The third kappa shape index (κ3) is 3.60. The zero-order chi connectivity index (χ0) is 15.5. The van der Waals surface area contributed by atoms with E-state index in [-0.39, 0.29) is 23.7 Å². The molecule has 118 valence electrons. The van der Waals surface area contributed by atoms with Crippen LogP contribution in [-0.4, -0.2) is 48.4 Å². The number of aromatic amines is 1. The van der Waals surface area contributed by atoms with Crippen LogP contribution in [0, 0.1) is 0 Å². The lowest BCUT2D eigenvalue weighted by atomic mass is 10.0. The molecule has 1 fully saturated rings. The van der Waals surface area contributed by atoms with Crippen LogP contribution in [0.3, 0.4) is 0 Å². The predicted molar refractivity (Wildman–Crippen MR) is 73.2 cm³/mol. The van der Waals surface area contributed by atoms with Gasteiger partial charge < -0.3 is 9.84 Å². The SMILES string of the molecule is CCOC(=O)c1cn[nH]c1S(=O)(=O)NCC1(O)CCCC1. The Morgan fingerprint density at radius 2 is 2.19 bits per heavy atom. The van der Waals surface area contributed by atoms with Gasteiger partial charge >= 0.3 is 5.97 Å². The number of carbonyl (C=O) groups excluding carboxylic acids is 1. The summed E-state index contributed by atoms with van der Waals surface area (Å²) >= 11 is 0. The Morgan fingerprint density at radius 1 is 1.52 bits per heavy atom. The van der Waals surface area contributed by atoms with Crippen LogP contribution in [0.25, 0.3) is 0 Å². The highest BCUT2D eigenvalue weighted by molar-refractivity contribution is 7.89. The van der Waals surface area contributed by atoms with Gasteiger partial charge in [-0.1, -0.05) is 12.8 Å². The zero-order valence-corrected chi connectivity index (χ0v) is 12.6. The number of hydrogen-bond donors (Lipinski definition) is 3. The van der Waals surface area contributed by atoms with Crippen molar-refractivity contribution in [1.29, 1.82) is 0 Å². The number of hydrogen-bond acceptors (Lipinski definition) is 6. The normalized spacial score (nSPS) is 17.8. The summed E-state index contributed by atoms with van der Waals surface area (Å²) < 4.78 is 31.5. The molecule has 0 radical (unpaired) electrons. The maximum atomic E-state index is 12.2. The number of aromatic nitrogens is 2. The standard InChI is InChI=1S/C12H19N3O5S/c1-2-20-11(16)9-7-13-15-10(9)21(18,19)14-8-12(17)5-3-4-6-12/h7,14,17H,2-6,8H2,1H3,(H,13,15). The Balaban J connectivity index is 2.13. The molecule has 1 heterocycles. The molecule has 9 heteroatoms. The van der Waals surface area contributed by atoms with Crippen molar-refractivity contribution >= 4 is 16.0 Å². The van der Waals surface area contributed by atoms with Crippen molar-refractivity contribution in [3.05, 3.63) is 11.8 Å². The molecule has 21 heavy (non-hydrogen) atoms. The van der Waals surface area contributed by atoms with E-state index in [1.54, 1.807) is 6.92 Å². The van der Waals surface area contributed by atoms with Gasteiger partial charge in [0.05, 0.1) is 18.4 Å². The fraction of sp³-hybridized carbons (Fsp3) is 0.667. The largest absolute Gasteiger partial charge is 0.462 e. The minimum absolute atomic E-state index is 0.0867. The van der Waals surface area contributed by atoms with Crippen LogP contribution >= 0.6 is 0 Å². The molecule has 0 unspecified atom stereocenters. The maximum absolute atomic E-state index is 12.2. The highest BCUT2D eigenvalue weighted by Gasteiger charge is 2.34. The summed E-state index contributed by atoms with van der Waals surface area (Å²) in [7, 11) is -3.97. The third-order valence-corrected chi connectivity index (χ3v) is 4.87. The van der Waals surface area contributed by atoms with Crippen molar-refractivity contribution in [2.45, 2.75) is 43.2 Å². The van der Waals surface area contributed by atoms with Gasteiger partial charge in [0, 0.05) is 6.54 Å². The fourth-order valence-electron chi connectivity index (χ4n) is 2.34. The van der Waals surface area contributed by atoms with Crippen molar-refractivity contribution in [3.63, 3.8) is 0 Å². The Bertz CT molecular complexity index is 604. The summed E-state index contributed by atoms with van der Waals surface area (Å²) in [5.41, 5.74) is -1.17. The molecular formula is C12H19N3O5S. The van der Waals surface area contributed by atoms with Crippen LogP contribution in [-0.2, 0) is 14.8 Å². The smallest absolute Gasteiger partial charge is 0.342 e. The zero-order valence-electron chi connectivity index (χ0n) is 11.8. The van der Waals surface area contributed by atoms with Crippen LogP contribution in [0.5, 0.6) is 0 Å². The Hall–Kier alpha value is -1.45. The van der Waals surface area contributed by atoms with E-state index in [1.165, 1.54) is 0 Å². The minimum Gasteiger partial charge on any atom is -0.462 e. The molecule has 1 saturated carbocycles. The van der Waals surface area contributed by atoms with Gasteiger partial charge in [-0.2, -0.15) is 5.10 Å². The monoisotopic (exact) mass is 317 g/mol. The summed E-state index contributed by atoms with van der Waals surface area (Å²) in [5.74, 6) is -0.758. The number of ether oxygens (including phenoxy) is 1. The number of sulfonamides is 1. The molecule has 0 spiro atoms. The fourth-order valence-corrected chi connectivity index (χ4v) is 3.55. The minimum atomic E-state index is -3.97. The number of rotatable bonds is 6. The number of carbonyl (C=O) groups is 1. The van der Waals surface area contributed by atoms with Crippen molar-refractivity contribution in [3.8, 4) is 0 Å². The molecule has 0 saturated heterocycles. The summed E-state index contributed by atoms with van der Waals surface area (Å²) in [4.78, 5) is 11.7. The second kappa shape index (κ2) is 6.12. The highest BCUT2D eigenvalue weighted by atomic mass is 32.2. The van der Waals surface area contributed by atoms with E-state index in [9.17, 15) is 18.3 Å². The second-order valence-corrected chi connectivity index (χ2v) is 6.79. The van der Waals surface area contributed by atoms with Crippen molar-refractivity contribution in [2.24, 2.45) is 0 Å². The summed E-state index contributed by atoms with van der Waals surface area (Å²) in [6.07, 6.45) is 3.97. The van der Waals surface area contributed by atoms with Gasteiger partial charge in [0.2, 0.25) is 0 Å². The lowest BCUT2D eigenvalue weighted by Gasteiger charge is -2.22. The number of nitrogens with one attached hydrogen (secondary N) is 2. The first-order chi connectivity index (χ1) is 9.88. The topological polar surface area (TPSA) is 121 Å². The Kier molecular flexibility index (Phi) is 4.64. The first-order valence-corrected chi connectivity index (χ1v) is 8.29. The van der Waals surface area contributed by atoms with Gasteiger partial charge in [-0.15, -0.1) is 0 Å². The molecule has 0 aromatic carbocycles. The molecule has 0 atom stereocenters. The average molecular weight is 317 g/mol. The van der Waals surface area contributed by atoms with Gasteiger partial charge in [0.1, 0.15) is 5.56 Å². The maximum Gasteiger partial charge on any atom is 0.342 e. The molecule has 1 aromatic rings. The van der Waals surface area contributed by atoms with E-state index in [0.717, 1.165) is 19.0 Å². The number of nitrogens with zero attached hydrogens (tertiary/aromatic N) is 1. The lowest BCUT2D eigenvalue weighted by Crippen LogP contribution is -2.41. The predicted octanol–water partition coefficient (Wildman–Crippen LogP) is 0.170. The third-order valence-electron chi connectivity index (χ3n) is 3.49. The molecule has 2 rings (SSSR count). The first kappa shape index (κ1) is 15.9. The Morgan fingerprint density at radius 3 is 2.81 bits per heavy atom. The van der Waals surface area contributed by atoms with E-state index in [4.69, 9.17) is 4.74 Å². The summed E-state index contributed by atoms with van der Waals surface area (Å²) in [6.45, 7) is 1.67. The van der Waals surface area contributed by atoms with Crippen molar-refractivity contribution in [1.82, 2.24) is 14.9 Å². The van der Waals surface area contributed by atoms with Crippen LogP contribution in [0.15, 0.2) is 11.2 Å². The summed E-state index contributed by atoms with van der Waals surface area (Å²) in [5, 5.41) is 15.7. The molecule has 0 bridgehead atoms. The van der Waals surface area contributed by atoms with E-state index >= 15 is 0 Å². The number of aliphatic hydroxyl groups is 1. The van der Waals surface area contributed by atoms with Crippen LogP contribution in [0.1, 0.15) is 43.0 Å². The number of H-pyrrole nitrogens is 1. The average Bonchev–Trinajstić information content (AvgIpc) is 3.06. The molecule has 3 N–H and O–H groups in total. The first-order valence-electron chi connectivity index (χ1n) is 6.80. The van der Waals surface area contributed by atoms with Crippen molar-refractivity contribution in [2.75, 3.05) is 13.2 Å². The molecule has 8 nitrogen and oxygen atoms in total. The lowest BCUT2D eigenvalue weighted by molar-refractivity contribution is 0.0522. The molecule has 1 aliphatic carbocycles.